The molecule has 0 fully saturated rings. The number of carbonyl (C=O) groups is 1. The van der Waals surface area contributed by atoms with Crippen LogP contribution in [0.15, 0.2) is 46.9 Å². The summed E-state index contributed by atoms with van der Waals surface area (Å²) in [5.74, 6) is -0.116. The van der Waals surface area contributed by atoms with Gasteiger partial charge in [0.2, 0.25) is 0 Å². The van der Waals surface area contributed by atoms with Gasteiger partial charge in [-0.2, -0.15) is 0 Å². The van der Waals surface area contributed by atoms with E-state index in [1.807, 2.05) is 49.4 Å². The minimum absolute atomic E-state index is 0.116. The molecule has 0 atom stereocenters. The summed E-state index contributed by atoms with van der Waals surface area (Å²) in [4.78, 5) is 12.1. The number of nitrogens with one attached hydrogen (secondary N) is 1. The summed E-state index contributed by atoms with van der Waals surface area (Å²) in [6.07, 6.45) is 0. The van der Waals surface area contributed by atoms with E-state index in [0.717, 1.165) is 15.6 Å². The summed E-state index contributed by atoms with van der Waals surface area (Å²) in [5.41, 5.74) is 9.17. The summed E-state index contributed by atoms with van der Waals surface area (Å²) < 4.78 is 0.797. The van der Waals surface area contributed by atoms with Crippen LogP contribution in [-0.4, -0.2) is 5.91 Å². The van der Waals surface area contributed by atoms with Gasteiger partial charge in [-0.25, -0.2) is 0 Å². The molecule has 98 valence electrons. The van der Waals surface area contributed by atoms with E-state index in [2.05, 4.69) is 21.2 Å². The molecule has 2 aromatic rings. The number of nitrogens with two attached hydrogens (primary N) is 1. The molecule has 2 aromatic carbocycles. The Labute approximate surface area is 121 Å². The van der Waals surface area contributed by atoms with Gasteiger partial charge in [-0.15, -0.1) is 0 Å². The first-order valence-electron chi connectivity index (χ1n) is 5.95. The number of hydrogen-bond acceptors (Lipinski definition) is 2. The Hall–Kier alpha value is -1.81. The lowest BCUT2D eigenvalue weighted by Gasteiger charge is -2.09. The second-order valence-electron chi connectivity index (χ2n) is 4.36. The molecule has 4 heteroatoms. The van der Waals surface area contributed by atoms with Crippen LogP contribution in [0.2, 0.25) is 0 Å². The van der Waals surface area contributed by atoms with Crippen molar-refractivity contribution in [1.82, 2.24) is 5.32 Å². The fourth-order valence-electron chi connectivity index (χ4n) is 1.77. The Morgan fingerprint density at radius 3 is 2.68 bits per heavy atom. The molecule has 0 saturated heterocycles. The maximum absolute atomic E-state index is 12.1. The fraction of sp³-hybridized carbons (Fsp3) is 0.133. The van der Waals surface area contributed by atoms with Crippen LogP contribution in [0.1, 0.15) is 21.5 Å². The maximum Gasteiger partial charge on any atom is 0.252 e. The Morgan fingerprint density at radius 2 is 2.00 bits per heavy atom. The minimum Gasteiger partial charge on any atom is -0.398 e. The molecule has 0 spiro atoms. The molecule has 0 radical (unpaired) electrons. The van der Waals surface area contributed by atoms with Crippen LogP contribution in [-0.2, 0) is 6.54 Å². The molecular formula is C15H15BrN2O. The molecule has 19 heavy (non-hydrogen) atoms. The zero-order valence-corrected chi connectivity index (χ0v) is 12.2. The first-order valence-corrected chi connectivity index (χ1v) is 6.75. The molecule has 0 unspecified atom stereocenters. The zero-order chi connectivity index (χ0) is 13.8. The van der Waals surface area contributed by atoms with E-state index >= 15 is 0 Å². The minimum atomic E-state index is -0.116. The lowest BCUT2D eigenvalue weighted by molar-refractivity contribution is 0.0950. The molecule has 0 bridgehead atoms. The Kier molecular flexibility index (Phi) is 4.22. The third-order valence-corrected chi connectivity index (χ3v) is 3.52. The summed E-state index contributed by atoms with van der Waals surface area (Å²) >= 11 is 3.40. The van der Waals surface area contributed by atoms with E-state index in [9.17, 15) is 4.79 Å². The van der Waals surface area contributed by atoms with Gasteiger partial charge in [-0.05, 0) is 52.2 Å². The number of hydrogen-bond donors (Lipinski definition) is 2. The number of rotatable bonds is 3. The normalized spacial score (nSPS) is 10.2. The molecule has 0 aliphatic carbocycles. The molecule has 0 saturated carbocycles. The third kappa shape index (κ3) is 3.35. The second kappa shape index (κ2) is 5.89. The van der Waals surface area contributed by atoms with Gasteiger partial charge in [-0.3, -0.25) is 4.79 Å². The van der Waals surface area contributed by atoms with Crippen LogP contribution in [0, 0.1) is 6.92 Å². The van der Waals surface area contributed by atoms with Gasteiger partial charge in [0.05, 0.1) is 5.56 Å². The van der Waals surface area contributed by atoms with Crippen molar-refractivity contribution in [2.45, 2.75) is 13.5 Å². The van der Waals surface area contributed by atoms with Crippen molar-refractivity contribution >= 4 is 27.5 Å². The van der Waals surface area contributed by atoms with Gasteiger partial charge in [0.25, 0.3) is 5.91 Å². The van der Waals surface area contributed by atoms with E-state index in [1.165, 1.54) is 0 Å². The number of nitrogen functional groups attached to an aromatic ring is 1. The SMILES string of the molecule is Cc1ccc(C(=O)NCc2ccccc2N)c(Br)c1. The van der Waals surface area contributed by atoms with Crippen LogP contribution in [0.5, 0.6) is 0 Å². The largest absolute Gasteiger partial charge is 0.398 e. The maximum atomic E-state index is 12.1. The van der Waals surface area contributed by atoms with E-state index in [-0.39, 0.29) is 5.91 Å². The summed E-state index contributed by atoms with van der Waals surface area (Å²) in [6, 6.07) is 13.1. The lowest BCUT2D eigenvalue weighted by Crippen LogP contribution is -2.23. The number of para-hydroxylation sites is 1. The highest BCUT2D eigenvalue weighted by atomic mass is 79.9. The molecule has 3 nitrogen and oxygen atoms in total. The van der Waals surface area contributed by atoms with Gasteiger partial charge in [0.15, 0.2) is 0 Å². The van der Waals surface area contributed by atoms with Crippen LogP contribution < -0.4 is 11.1 Å². The summed E-state index contributed by atoms with van der Waals surface area (Å²) in [6.45, 7) is 2.41. The standard InChI is InChI=1S/C15H15BrN2O/c1-10-6-7-12(13(16)8-10)15(19)18-9-11-4-2-3-5-14(11)17/h2-8H,9,17H2,1H3,(H,18,19). The van der Waals surface area contributed by atoms with Crippen molar-refractivity contribution in [3.8, 4) is 0 Å². The Bertz CT molecular complexity index is 611. The predicted molar refractivity (Wildman–Crippen MR) is 80.9 cm³/mol. The zero-order valence-electron chi connectivity index (χ0n) is 10.6. The second-order valence-corrected chi connectivity index (χ2v) is 5.22. The first-order chi connectivity index (χ1) is 9.08. The van der Waals surface area contributed by atoms with Crippen LogP contribution >= 0.6 is 15.9 Å². The van der Waals surface area contributed by atoms with Crippen LogP contribution in [0.4, 0.5) is 5.69 Å². The van der Waals surface area contributed by atoms with Gasteiger partial charge >= 0.3 is 0 Å². The summed E-state index contributed by atoms with van der Waals surface area (Å²) in [7, 11) is 0. The Morgan fingerprint density at radius 1 is 1.26 bits per heavy atom. The first kappa shape index (κ1) is 13.6. The molecule has 0 aromatic heterocycles. The van der Waals surface area contributed by atoms with Gasteiger partial charge in [0, 0.05) is 16.7 Å². The van der Waals surface area contributed by atoms with Gasteiger partial charge in [-0.1, -0.05) is 24.3 Å². The molecule has 1 amide bonds. The quantitative estimate of drug-likeness (QED) is 0.853. The number of benzene rings is 2. The monoisotopic (exact) mass is 318 g/mol. The molecule has 3 N–H and O–H groups in total. The van der Waals surface area contributed by atoms with Crippen molar-refractivity contribution in [2.75, 3.05) is 5.73 Å². The lowest BCUT2D eigenvalue weighted by atomic mass is 10.1. The smallest absolute Gasteiger partial charge is 0.252 e. The average molecular weight is 319 g/mol. The average Bonchev–Trinajstić information content (AvgIpc) is 2.37. The molecular weight excluding hydrogens is 304 g/mol. The predicted octanol–water partition coefficient (Wildman–Crippen LogP) is 3.27. The number of carbonyl (C=O) groups excluding carboxylic acids is 1. The molecule has 2 rings (SSSR count). The summed E-state index contributed by atoms with van der Waals surface area (Å²) in [5, 5.41) is 2.87. The van der Waals surface area contributed by atoms with Crippen LogP contribution in [0.25, 0.3) is 0 Å². The van der Waals surface area contributed by atoms with E-state index in [4.69, 9.17) is 5.73 Å². The van der Waals surface area contributed by atoms with Crippen molar-refractivity contribution in [1.29, 1.82) is 0 Å². The number of halogens is 1. The fourth-order valence-corrected chi connectivity index (χ4v) is 2.44. The van der Waals surface area contributed by atoms with Gasteiger partial charge < -0.3 is 11.1 Å². The van der Waals surface area contributed by atoms with Crippen LogP contribution in [0.3, 0.4) is 0 Å². The molecule has 0 aliphatic rings. The highest BCUT2D eigenvalue weighted by Crippen LogP contribution is 2.18. The Balaban J connectivity index is 2.08. The van der Waals surface area contributed by atoms with E-state index < -0.39 is 0 Å². The highest BCUT2D eigenvalue weighted by Gasteiger charge is 2.10. The van der Waals surface area contributed by atoms with Crippen molar-refractivity contribution in [3.63, 3.8) is 0 Å². The molecule has 0 aliphatic heterocycles. The highest BCUT2D eigenvalue weighted by molar-refractivity contribution is 9.10. The van der Waals surface area contributed by atoms with Crippen molar-refractivity contribution in [3.05, 3.63) is 63.6 Å². The molecule has 0 heterocycles. The van der Waals surface area contributed by atoms with E-state index in [0.29, 0.717) is 17.8 Å². The number of anilines is 1. The van der Waals surface area contributed by atoms with Gasteiger partial charge in [0.1, 0.15) is 0 Å². The third-order valence-electron chi connectivity index (χ3n) is 2.86. The van der Waals surface area contributed by atoms with E-state index in [1.54, 1.807) is 0 Å². The van der Waals surface area contributed by atoms with Crippen molar-refractivity contribution < 1.29 is 4.79 Å². The van der Waals surface area contributed by atoms with Crippen molar-refractivity contribution in [2.24, 2.45) is 0 Å². The topological polar surface area (TPSA) is 55.1 Å². The number of amides is 1. The number of aryl methyl sites for hydroxylation is 1.